The average Bonchev–Trinajstić information content (AvgIpc) is 3.20. The van der Waals surface area contributed by atoms with Crippen LogP contribution in [-0.2, 0) is 17.8 Å². The molecule has 3 aromatic rings. The van der Waals surface area contributed by atoms with Crippen molar-refractivity contribution in [3.63, 3.8) is 0 Å². The van der Waals surface area contributed by atoms with Crippen LogP contribution in [0.3, 0.4) is 0 Å². The van der Waals surface area contributed by atoms with Gasteiger partial charge in [0, 0.05) is 31.3 Å². The molecule has 10 heteroatoms. The number of benzene rings is 1. The summed E-state index contributed by atoms with van der Waals surface area (Å²) in [6, 6.07) is 10.4. The fraction of sp³-hybridized carbons (Fsp3) is 0.227. The van der Waals surface area contributed by atoms with Crippen LogP contribution in [0.2, 0.25) is 0 Å². The van der Waals surface area contributed by atoms with Crippen LogP contribution in [0.15, 0.2) is 66.6 Å². The molecule has 0 unspecified atom stereocenters. The van der Waals surface area contributed by atoms with Crippen molar-refractivity contribution in [1.29, 1.82) is 0 Å². The van der Waals surface area contributed by atoms with Gasteiger partial charge >= 0.3 is 0 Å². The van der Waals surface area contributed by atoms with E-state index in [1.54, 1.807) is 62.0 Å². The van der Waals surface area contributed by atoms with Gasteiger partial charge < -0.3 is 19.9 Å². The van der Waals surface area contributed by atoms with E-state index in [0.717, 1.165) is 0 Å². The highest BCUT2D eigenvalue weighted by Gasteiger charge is 2.14. The van der Waals surface area contributed by atoms with Crippen LogP contribution >= 0.6 is 11.8 Å². The highest BCUT2D eigenvalue weighted by Crippen LogP contribution is 2.18. The van der Waals surface area contributed by atoms with Gasteiger partial charge in [-0.25, -0.2) is 0 Å². The summed E-state index contributed by atoms with van der Waals surface area (Å²) in [5, 5.41) is 14.7. The summed E-state index contributed by atoms with van der Waals surface area (Å²) in [6.07, 6.45) is 5.46. The van der Waals surface area contributed by atoms with Gasteiger partial charge in [-0.1, -0.05) is 17.8 Å². The minimum Gasteiger partial charge on any atom is -0.497 e. The molecule has 2 amide bonds. The number of carbonyl (C=O) groups excluding carboxylic acids is 2. The lowest BCUT2D eigenvalue weighted by atomic mass is 10.2. The topological polar surface area (TPSA) is 111 Å². The van der Waals surface area contributed by atoms with E-state index in [4.69, 9.17) is 4.74 Å². The number of thioether (sulfide) groups is 1. The minimum atomic E-state index is -0.177. The molecule has 166 valence electrons. The van der Waals surface area contributed by atoms with Crippen LogP contribution in [0, 0.1) is 0 Å². The zero-order valence-electron chi connectivity index (χ0n) is 17.7. The second-order valence-electron chi connectivity index (χ2n) is 6.61. The third-order valence-corrected chi connectivity index (χ3v) is 5.34. The molecule has 2 heterocycles. The zero-order chi connectivity index (χ0) is 22.8. The van der Waals surface area contributed by atoms with Crippen molar-refractivity contribution in [1.82, 2.24) is 25.1 Å². The summed E-state index contributed by atoms with van der Waals surface area (Å²) in [7, 11) is 1.58. The quantitative estimate of drug-likeness (QED) is 0.340. The maximum absolute atomic E-state index is 12.3. The lowest BCUT2D eigenvalue weighted by Gasteiger charge is -2.09. The van der Waals surface area contributed by atoms with Crippen molar-refractivity contribution in [2.45, 2.75) is 18.1 Å². The van der Waals surface area contributed by atoms with Crippen LogP contribution in [0.5, 0.6) is 5.75 Å². The van der Waals surface area contributed by atoms with Crippen LogP contribution in [0.25, 0.3) is 0 Å². The van der Waals surface area contributed by atoms with E-state index >= 15 is 0 Å². The summed E-state index contributed by atoms with van der Waals surface area (Å²) in [6.45, 7) is 4.68. The van der Waals surface area contributed by atoms with Gasteiger partial charge in [0.1, 0.15) is 11.6 Å². The van der Waals surface area contributed by atoms with Gasteiger partial charge in [-0.15, -0.1) is 16.8 Å². The number of anilines is 1. The van der Waals surface area contributed by atoms with Crippen molar-refractivity contribution >= 4 is 29.3 Å². The Balaban J connectivity index is 1.53. The second kappa shape index (κ2) is 11.7. The van der Waals surface area contributed by atoms with Gasteiger partial charge in [0.2, 0.25) is 5.91 Å². The van der Waals surface area contributed by atoms with Gasteiger partial charge in [-0.3, -0.25) is 14.6 Å². The first-order chi connectivity index (χ1) is 15.6. The average molecular weight is 453 g/mol. The molecule has 3 rings (SSSR count). The SMILES string of the molecule is C=CCn1c(CCNC(=O)c2ccc(OC)cc2)nnc1SCC(=O)Nc1cccnc1. The summed E-state index contributed by atoms with van der Waals surface area (Å²) >= 11 is 1.29. The standard InChI is InChI=1S/C22H24N6O3S/c1-3-13-28-19(10-12-24-21(30)16-6-8-18(31-2)9-7-16)26-27-22(28)32-15-20(29)25-17-5-4-11-23-14-17/h3-9,11,14H,1,10,12-13,15H2,2H3,(H,24,30)(H,25,29). The minimum absolute atomic E-state index is 0.163. The van der Waals surface area contributed by atoms with E-state index in [2.05, 4.69) is 32.4 Å². The predicted octanol–water partition coefficient (Wildman–Crippen LogP) is 2.57. The number of pyridine rings is 1. The van der Waals surface area contributed by atoms with Crippen LogP contribution in [0.1, 0.15) is 16.2 Å². The van der Waals surface area contributed by atoms with Gasteiger partial charge in [-0.2, -0.15) is 0 Å². The van der Waals surface area contributed by atoms with E-state index in [9.17, 15) is 9.59 Å². The Kier molecular flexibility index (Phi) is 8.38. The van der Waals surface area contributed by atoms with Gasteiger partial charge in [-0.05, 0) is 36.4 Å². The highest BCUT2D eigenvalue weighted by molar-refractivity contribution is 7.99. The maximum Gasteiger partial charge on any atom is 0.251 e. The Morgan fingerprint density at radius 2 is 2.03 bits per heavy atom. The van der Waals surface area contributed by atoms with E-state index < -0.39 is 0 Å². The fourth-order valence-electron chi connectivity index (χ4n) is 2.82. The molecule has 0 bridgehead atoms. The molecular formula is C22H24N6O3S. The first-order valence-electron chi connectivity index (χ1n) is 9.88. The lowest BCUT2D eigenvalue weighted by Crippen LogP contribution is -2.26. The molecule has 2 N–H and O–H groups in total. The number of rotatable bonds is 11. The lowest BCUT2D eigenvalue weighted by molar-refractivity contribution is -0.113. The summed E-state index contributed by atoms with van der Waals surface area (Å²) < 4.78 is 6.99. The summed E-state index contributed by atoms with van der Waals surface area (Å²) in [5.41, 5.74) is 1.19. The predicted molar refractivity (Wildman–Crippen MR) is 123 cm³/mol. The van der Waals surface area contributed by atoms with Crippen molar-refractivity contribution < 1.29 is 14.3 Å². The van der Waals surface area contributed by atoms with E-state index in [1.807, 2.05) is 4.57 Å². The van der Waals surface area contributed by atoms with Gasteiger partial charge in [0.15, 0.2) is 5.16 Å². The number of ether oxygens (including phenoxy) is 1. The number of hydrogen-bond donors (Lipinski definition) is 2. The third-order valence-electron chi connectivity index (χ3n) is 4.37. The molecule has 0 saturated heterocycles. The largest absolute Gasteiger partial charge is 0.497 e. The monoisotopic (exact) mass is 452 g/mol. The Bertz CT molecular complexity index is 1050. The second-order valence-corrected chi connectivity index (χ2v) is 7.55. The molecule has 1 aromatic carbocycles. The Hall–Kier alpha value is -3.66. The molecule has 0 atom stereocenters. The summed E-state index contributed by atoms with van der Waals surface area (Å²) in [4.78, 5) is 28.5. The molecule has 0 aliphatic rings. The number of methoxy groups -OCH3 is 1. The summed E-state index contributed by atoms with van der Waals surface area (Å²) in [5.74, 6) is 1.24. The maximum atomic E-state index is 12.3. The van der Waals surface area contributed by atoms with Crippen molar-refractivity contribution in [2.75, 3.05) is 24.7 Å². The smallest absolute Gasteiger partial charge is 0.251 e. The van der Waals surface area contributed by atoms with Crippen LogP contribution in [-0.4, -0.2) is 51.0 Å². The number of aromatic nitrogens is 4. The number of nitrogens with zero attached hydrogens (tertiary/aromatic N) is 4. The van der Waals surface area contributed by atoms with E-state index in [0.29, 0.717) is 47.5 Å². The highest BCUT2D eigenvalue weighted by atomic mass is 32.2. The number of nitrogens with one attached hydrogen (secondary N) is 2. The molecular weight excluding hydrogens is 428 g/mol. The molecule has 32 heavy (non-hydrogen) atoms. The third kappa shape index (κ3) is 6.42. The molecule has 0 fully saturated rings. The molecule has 0 saturated carbocycles. The van der Waals surface area contributed by atoms with E-state index in [-0.39, 0.29) is 17.6 Å². The Morgan fingerprint density at radius 3 is 2.72 bits per heavy atom. The number of amides is 2. The molecule has 0 aliphatic carbocycles. The number of hydrogen-bond acceptors (Lipinski definition) is 7. The molecule has 0 radical (unpaired) electrons. The number of allylic oxidation sites excluding steroid dienone is 1. The van der Waals surface area contributed by atoms with Crippen molar-refractivity contribution in [3.05, 3.63) is 72.8 Å². The first kappa shape index (κ1) is 23.0. The van der Waals surface area contributed by atoms with E-state index in [1.165, 1.54) is 11.8 Å². The molecule has 0 aliphatic heterocycles. The van der Waals surface area contributed by atoms with Gasteiger partial charge in [0.25, 0.3) is 5.91 Å². The van der Waals surface area contributed by atoms with Crippen LogP contribution < -0.4 is 15.4 Å². The van der Waals surface area contributed by atoms with Crippen LogP contribution in [0.4, 0.5) is 5.69 Å². The van der Waals surface area contributed by atoms with Crippen molar-refractivity contribution in [2.24, 2.45) is 0 Å². The molecule has 9 nitrogen and oxygen atoms in total. The van der Waals surface area contributed by atoms with Crippen molar-refractivity contribution in [3.8, 4) is 5.75 Å². The molecule has 0 spiro atoms. The Morgan fingerprint density at radius 1 is 1.22 bits per heavy atom. The van der Waals surface area contributed by atoms with Gasteiger partial charge in [0.05, 0.1) is 24.7 Å². The number of carbonyl (C=O) groups is 2. The fourth-order valence-corrected chi connectivity index (χ4v) is 3.59. The normalized spacial score (nSPS) is 10.4. The molecule has 2 aromatic heterocycles. The zero-order valence-corrected chi connectivity index (χ0v) is 18.5. The first-order valence-corrected chi connectivity index (χ1v) is 10.9. The Labute approximate surface area is 190 Å².